The first kappa shape index (κ1) is 15.7. The summed E-state index contributed by atoms with van der Waals surface area (Å²) in [4.78, 5) is 23.1. The highest BCUT2D eigenvalue weighted by Crippen LogP contribution is 2.22. The van der Waals surface area contributed by atoms with Gasteiger partial charge in [0.2, 0.25) is 5.91 Å². The first-order valence-corrected chi connectivity index (χ1v) is 7.98. The molecule has 2 rings (SSSR count). The van der Waals surface area contributed by atoms with Gasteiger partial charge in [0.1, 0.15) is 11.6 Å². The SMILES string of the molecule is CCNc1cc(C)nc(CN2CCC(CC)CCC2=O)n1. The maximum atomic E-state index is 12.2. The lowest BCUT2D eigenvalue weighted by molar-refractivity contribution is -0.131. The van der Waals surface area contributed by atoms with Crippen LogP contribution in [0, 0.1) is 12.8 Å². The van der Waals surface area contributed by atoms with Gasteiger partial charge in [-0.15, -0.1) is 0 Å². The van der Waals surface area contributed by atoms with Crippen molar-refractivity contribution in [3.63, 3.8) is 0 Å². The maximum absolute atomic E-state index is 12.2. The Bertz CT molecular complexity index is 489. The molecule has 1 aliphatic heterocycles. The number of aryl methyl sites for hydroxylation is 1. The van der Waals surface area contributed by atoms with E-state index in [4.69, 9.17) is 0 Å². The van der Waals surface area contributed by atoms with E-state index < -0.39 is 0 Å². The lowest BCUT2D eigenvalue weighted by Crippen LogP contribution is -2.30. The van der Waals surface area contributed by atoms with Crippen LogP contribution in [0.3, 0.4) is 0 Å². The molecule has 0 radical (unpaired) electrons. The van der Waals surface area contributed by atoms with Crippen molar-refractivity contribution in [3.05, 3.63) is 17.6 Å². The van der Waals surface area contributed by atoms with Crippen LogP contribution in [0.2, 0.25) is 0 Å². The number of carbonyl (C=O) groups excluding carboxylic acids is 1. The number of hydrogen-bond acceptors (Lipinski definition) is 4. The molecule has 0 aliphatic carbocycles. The number of rotatable bonds is 5. The molecule has 1 amide bonds. The van der Waals surface area contributed by atoms with Crippen LogP contribution in [-0.4, -0.2) is 33.9 Å². The average molecular weight is 290 g/mol. The van der Waals surface area contributed by atoms with Gasteiger partial charge in [0, 0.05) is 31.3 Å². The van der Waals surface area contributed by atoms with Crippen molar-refractivity contribution in [2.24, 2.45) is 5.92 Å². The van der Waals surface area contributed by atoms with Crippen LogP contribution >= 0.6 is 0 Å². The van der Waals surface area contributed by atoms with Gasteiger partial charge in [-0.1, -0.05) is 13.3 Å². The topological polar surface area (TPSA) is 58.1 Å². The van der Waals surface area contributed by atoms with Crippen molar-refractivity contribution < 1.29 is 4.79 Å². The van der Waals surface area contributed by atoms with Crippen molar-refractivity contribution in [3.8, 4) is 0 Å². The first-order valence-electron chi connectivity index (χ1n) is 7.98. The van der Waals surface area contributed by atoms with Gasteiger partial charge in [-0.2, -0.15) is 0 Å². The minimum Gasteiger partial charge on any atom is -0.370 e. The van der Waals surface area contributed by atoms with E-state index in [0.717, 1.165) is 49.7 Å². The zero-order valence-corrected chi connectivity index (χ0v) is 13.4. The average Bonchev–Trinajstić information content (AvgIpc) is 2.61. The first-order chi connectivity index (χ1) is 10.1. The normalized spacial score (nSPS) is 19.5. The molecule has 1 aromatic heterocycles. The molecule has 1 saturated heterocycles. The van der Waals surface area contributed by atoms with Gasteiger partial charge in [0.15, 0.2) is 0 Å². The Kier molecular flexibility index (Phi) is 5.53. The molecule has 0 spiro atoms. The Morgan fingerprint density at radius 3 is 2.86 bits per heavy atom. The molecular weight excluding hydrogens is 264 g/mol. The van der Waals surface area contributed by atoms with Crippen molar-refractivity contribution in [1.29, 1.82) is 0 Å². The maximum Gasteiger partial charge on any atom is 0.222 e. The van der Waals surface area contributed by atoms with E-state index in [1.165, 1.54) is 0 Å². The van der Waals surface area contributed by atoms with E-state index in [1.807, 2.05) is 24.8 Å². The van der Waals surface area contributed by atoms with Gasteiger partial charge in [-0.25, -0.2) is 9.97 Å². The Morgan fingerprint density at radius 1 is 1.33 bits per heavy atom. The second-order valence-electron chi connectivity index (χ2n) is 5.76. The summed E-state index contributed by atoms with van der Waals surface area (Å²) < 4.78 is 0. The zero-order chi connectivity index (χ0) is 15.2. The smallest absolute Gasteiger partial charge is 0.222 e. The van der Waals surface area contributed by atoms with E-state index in [2.05, 4.69) is 22.2 Å². The van der Waals surface area contributed by atoms with Crippen LogP contribution in [0.5, 0.6) is 0 Å². The standard InChI is InChI=1S/C16H26N4O/c1-4-13-6-7-16(21)20(9-8-13)11-15-18-12(3)10-14(19-15)17-5-2/h10,13H,4-9,11H2,1-3H3,(H,17,18,19). The fourth-order valence-corrected chi connectivity index (χ4v) is 2.81. The highest BCUT2D eigenvalue weighted by molar-refractivity contribution is 5.76. The lowest BCUT2D eigenvalue weighted by atomic mass is 9.98. The summed E-state index contributed by atoms with van der Waals surface area (Å²) in [6.45, 7) is 8.39. The molecule has 1 unspecified atom stereocenters. The molecule has 0 aromatic carbocycles. The van der Waals surface area contributed by atoms with Crippen molar-refractivity contribution in [2.45, 2.75) is 53.0 Å². The number of nitrogens with zero attached hydrogens (tertiary/aromatic N) is 3. The van der Waals surface area contributed by atoms with Gasteiger partial charge < -0.3 is 10.2 Å². The van der Waals surface area contributed by atoms with Crippen LogP contribution < -0.4 is 5.32 Å². The van der Waals surface area contributed by atoms with Gasteiger partial charge in [0.25, 0.3) is 0 Å². The van der Waals surface area contributed by atoms with E-state index in [-0.39, 0.29) is 5.91 Å². The molecule has 116 valence electrons. The molecule has 21 heavy (non-hydrogen) atoms. The molecule has 1 aliphatic rings. The van der Waals surface area contributed by atoms with Crippen LogP contribution in [0.4, 0.5) is 5.82 Å². The van der Waals surface area contributed by atoms with E-state index >= 15 is 0 Å². The quantitative estimate of drug-likeness (QED) is 0.906. The van der Waals surface area contributed by atoms with Crippen LogP contribution in [0.25, 0.3) is 0 Å². The van der Waals surface area contributed by atoms with Gasteiger partial charge in [0.05, 0.1) is 6.54 Å². The molecular formula is C16H26N4O. The highest BCUT2D eigenvalue weighted by Gasteiger charge is 2.22. The highest BCUT2D eigenvalue weighted by atomic mass is 16.2. The summed E-state index contributed by atoms with van der Waals surface area (Å²) in [7, 11) is 0. The fraction of sp³-hybridized carbons (Fsp3) is 0.688. The number of anilines is 1. The molecule has 0 bridgehead atoms. The zero-order valence-electron chi connectivity index (χ0n) is 13.4. The molecule has 1 fully saturated rings. The largest absolute Gasteiger partial charge is 0.370 e. The molecule has 1 aromatic rings. The lowest BCUT2D eigenvalue weighted by Gasteiger charge is -2.20. The number of likely N-dealkylation sites (tertiary alicyclic amines) is 1. The summed E-state index contributed by atoms with van der Waals surface area (Å²) >= 11 is 0. The fourth-order valence-electron chi connectivity index (χ4n) is 2.81. The Hall–Kier alpha value is -1.65. The van der Waals surface area contributed by atoms with Crippen molar-refractivity contribution in [2.75, 3.05) is 18.4 Å². The van der Waals surface area contributed by atoms with Gasteiger partial charge in [-0.3, -0.25) is 4.79 Å². The number of amides is 1. The summed E-state index contributed by atoms with van der Waals surface area (Å²) in [5.41, 5.74) is 0.935. The molecule has 5 nitrogen and oxygen atoms in total. The second kappa shape index (κ2) is 7.38. The van der Waals surface area contributed by atoms with Crippen LogP contribution in [0.15, 0.2) is 6.07 Å². The van der Waals surface area contributed by atoms with Gasteiger partial charge in [-0.05, 0) is 32.6 Å². The van der Waals surface area contributed by atoms with E-state index in [9.17, 15) is 4.79 Å². The minimum absolute atomic E-state index is 0.237. The third-order valence-corrected chi connectivity index (χ3v) is 4.09. The molecule has 1 atom stereocenters. The molecule has 0 saturated carbocycles. The van der Waals surface area contributed by atoms with E-state index in [0.29, 0.717) is 18.9 Å². The number of hydrogen-bond donors (Lipinski definition) is 1. The Balaban J connectivity index is 2.07. The number of nitrogens with one attached hydrogen (secondary N) is 1. The molecule has 2 heterocycles. The minimum atomic E-state index is 0.237. The van der Waals surface area contributed by atoms with Gasteiger partial charge >= 0.3 is 0 Å². The third-order valence-electron chi connectivity index (χ3n) is 4.09. The Morgan fingerprint density at radius 2 is 2.14 bits per heavy atom. The predicted octanol–water partition coefficient (Wildman–Crippen LogP) is 2.76. The monoisotopic (exact) mass is 290 g/mol. The number of aromatic nitrogens is 2. The third kappa shape index (κ3) is 4.41. The summed E-state index contributed by atoms with van der Waals surface area (Å²) in [6.07, 6.45) is 3.92. The summed E-state index contributed by atoms with van der Waals surface area (Å²) in [5.74, 6) is 2.48. The van der Waals surface area contributed by atoms with E-state index in [1.54, 1.807) is 0 Å². The predicted molar refractivity (Wildman–Crippen MR) is 84.0 cm³/mol. The second-order valence-corrected chi connectivity index (χ2v) is 5.76. The number of carbonyl (C=O) groups is 1. The van der Waals surface area contributed by atoms with Crippen molar-refractivity contribution in [1.82, 2.24) is 14.9 Å². The molecule has 1 N–H and O–H groups in total. The summed E-state index contributed by atoms with van der Waals surface area (Å²) in [6, 6.07) is 1.93. The molecule has 5 heteroatoms. The Labute approximate surface area is 127 Å². The van der Waals surface area contributed by atoms with Crippen LogP contribution in [-0.2, 0) is 11.3 Å². The van der Waals surface area contributed by atoms with Crippen LogP contribution in [0.1, 0.15) is 51.0 Å². The van der Waals surface area contributed by atoms with Crippen molar-refractivity contribution >= 4 is 11.7 Å². The summed E-state index contributed by atoms with van der Waals surface area (Å²) in [5, 5.41) is 3.21.